The zero-order valence-corrected chi connectivity index (χ0v) is 13.0. The van der Waals surface area contributed by atoms with E-state index in [4.69, 9.17) is 13.9 Å². The molecule has 6 nitrogen and oxygen atoms in total. The number of hydrogen-bond acceptors (Lipinski definition) is 4. The lowest BCUT2D eigenvalue weighted by atomic mass is 10.2. The Morgan fingerprint density at radius 3 is 2.87 bits per heavy atom. The van der Waals surface area contributed by atoms with Gasteiger partial charge in [-0.1, -0.05) is 12.1 Å². The summed E-state index contributed by atoms with van der Waals surface area (Å²) < 4.78 is 16.7. The van der Waals surface area contributed by atoms with Gasteiger partial charge >= 0.3 is 6.03 Å². The second-order valence-corrected chi connectivity index (χ2v) is 5.54. The molecule has 0 aliphatic carbocycles. The Balaban J connectivity index is 1.41. The average molecular weight is 316 g/mol. The number of urea groups is 1. The van der Waals surface area contributed by atoms with Crippen molar-refractivity contribution < 1.29 is 18.7 Å². The third-order valence-electron chi connectivity index (χ3n) is 3.52. The van der Waals surface area contributed by atoms with E-state index >= 15 is 0 Å². The number of carbonyl (C=O) groups is 1. The highest BCUT2D eigenvalue weighted by Crippen LogP contribution is 2.30. The van der Waals surface area contributed by atoms with Crippen molar-refractivity contribution in [3.63, 3.8) is 0 Å². The first-order chi connectivity index (χ1) is 11.2. The van der Waals surface area contributed by atoms with Crippen LogP contribution in [0.2, 0.25) is 0 Å². The predicted molar refractivity (Wildman–Crippen MR) is 84.8 cm³/mol. The van der Waals surface area contributed by atoms with Crippen molar-refractivity contribution in [3.05, 3.63) is 48.4 Å². The van der Waals surface area contributed by atoms with Crippen LogP contribution in [0.3, 0.4) is 0 Å². The van der Waals surface area contributed by atoms with Crippen LogP contribution < -0.4 is 20.1 Å². The molecule has 2 N–H and O–H groups in total. The molecule has 0 saturated heterocycles. The fraction of sp³-hybridized carbons (Fsp3) is 0.353. The number of ether oxygens (including phenoxy) is 2. The summed E-state index contributed by atoms with van der Waals surface area (Å²) in [6.07, 6.45) is 2.08. The van der Waals surface area contributed by atoms with E-state index in [0.717, 1.165) is 11.5 Å². The lowest BCUT2D eigenvalue weighted by Crippen LogP contribution is -2.47. The van der Waals surface area contributed by atoms with Crippen LogP contribution >= 0.6 is 0 Å². The van der Waals surface area contributed by atoms with Gasteiger partial charge in [-0.3, -0.25) is 0 Å². The third kappa shape index (κ3) is 4.18. The summed E-state index contributed by atoms with van der Waals surface area (Å²) in [4.78, 5) is 11.9. The quantitative estimate of drug-likeness (QED) is 0.888. The maximum absolute atomic E-state index is 11.9. The maximum atomic E-state index is 11.9. The number of fused-ring (bicyclic) bond motifs is 1. The summed E-state index contributed by atoms with van der Waals surface area (Å²) in [6, 6.07) is 11.0. The van der Waals surface area contributed by atoms with Crippen molar-refractivity contribution in [1.82, 2.24) is 10.6 Å². The molecule has 2 aromatic rings. The van der Waals surface area contributed by atoms with Crippen molar-refractivity contribution in [1.29, 1.82) is 0 Å². The molecule has 122 valence electrons. The number of para-hydroxylation sites is 2. The average Bonchev–Trinajstić information content (AvgIpc) is 3.05. The number of furan rings is 1. The monoisotopic (exact) mass is 316 g/mol. The zero-order chi connectivity index (χ0) is 16.1. The molecule has 1 aromatic carbocycles. The first kappa shape index (κ1) is 15.3. The fourth-order valence-electron chi connectivity index (χ4n) is 2.43. The van der Waals surface area contributed by atoms with Gasteiger partial charge in [-0.05, 0) is 31.2 Å². The number of amides is 2. The van der Waals surface area contributed by atoms with Gasteiger partial charge in [0.15, 0.2) is 17.6 Å². The molecule has 0 radical (unpaired) electrons. The van der Waals surface area contributed by atoms with Crippen molar-refractivity contribution in [2.45, 2.75) is 25.5 Å². The van der Waals surface area contributed by atoms with Gasteiger partial charge in [-0.2, -0.15) is 0 Å². The Morgan fingerprint density at radius 2 is 2.09 bits per heavy atom. The predicted octanol–water partition coefficient (Wildman–Crippen LogP) is 2.35. The molecule has 6 heteroatoms. The van der Waals surface area contributed by atoms with Gasteiger partial charge in [-0.25, -0.2) is 4.79 Å². The molecule has 2 amide bonds. The van der Waals surface area contributed by atoms with Gasteiger partial charge in [-0.15, -0.1) is 0 Å². The number of hydrogen-bond donors (Lipinski definition) is 2. The highest BCUT2D eigenvalue weighted by molar-refractivity contribution is 5.74. The van der Waals surface area contributed by atoms with Gasteiger partial charge in [0.05, 0.1) is 12.8 Å². The number of benzene rings is 1. The van der Waals surface area contributed by atoms with Crippen molar-refractivity contribution in [2.24, 2.45) is 0 Å². The fourth-order valence-corrected chi connectivity index (χ4v) is 2.43. The maximum Gasteiger partial charge on any atom is 0.315 e. The van der Waals surface area contributed by atoms with Crippen molar-refractivity contribution in [3.8, 4) is 11.5 Å². The van der Waals surface area contributed by atoms with Crippen LogP contribution in [0, 0.1) is 0 Å². The molecule has 1 aliphatic heterocycles. The van der Waals surface area contributed by atoms with Crippen LogP contribution in [0.5, 0.6) is 11.5 Å². The lowest BCUT2D eigenvalue weighted by Gasteiger charge is -2.26. The van der Waals surface area contributed by atoms with Crippen molar-refractivity contribution >= 4 is 6.03 Å². The molecule has 1 aliphatic rings. The van der Waals surface area contributed by atoms with Crippen LogP contribution in [-0.4, -0.2) is 31.3 Å². The van der Waals surface area contributed by atoms with E-state index in [2.05, 4.69) is 10.6 Å². The van der Waals surface area contributed by atoms with Gasteiger partial charge < -0.3 is 24.5 Å². The largest absolute Gasteiger partial charge is 0.486 e. The number of rotatable bonds is 5. The first-order valence-corrected chi connectivity index (χ1v) is 7.66. The van der Waals surface area contributed by atoms with Crippen LogP contribution in [0.4, 0.5) is 4.79 Å². The van der Waals surface area contributed by atoms with Gasteiger partial charge in [0.2, 0.25) is 0 Å². The Labute approximate surface area is 134 Å². The molecule has 0 bridgehead atoms. The highest BCUT2D eigenvalue weighted by atomic mass is 16.6. The highest BCUT2D eigenvalue weighted by Gasteiger charge is 2.21. The molecule has 0 unspecified atom stereocenters. The summed E-state index contributed by atoms with van der Waals surface area (Å²) in [6.45, 7) is 2.73. The Hall–Kier alpha value is -2.63. The summed E-state index contributed by atoms with van der Waals surface area (Å²) >= 11 is 0. The molecule has 23 heavy (non-hydrogen) atoms. The van der Waals surface area contributed by atoms with E-state index in [1.165, 1.54) is 0 Å². The number of nitrogens with one attached hydrogen (secondary N) is 2. The molecular weight excluding hydrogens is 296 g/mol. The Kier molecular flexibility index (Phi) is 4.71. The molecule has 2 heterocycles. The standard InChI is InChI=1S/C17H20N2O4/c1-12(9-13-5-4-8-21-13)19-17(20)18-10-14-11-22-15-6-2-3-7-16(15)23-14/h2-8,12,14H,9-11H2,1H3,(H2,18,19,20)/t12-,14+/m1/s1. The molecule has 3 rings (SSSR count). The Bertz CT molecular complexity index is 642. The normalized spacial score (nSPS) is 17.3. The summed E-state index contributed by atoms with van der Waals surface area (Å²) in [7, 11) is 0. The SMILES string of the molecule is C[C@H](Cc1ccco1)NC(=O)NC[C@H]1COc2ccccc2O1. The Morgan fingerprint density at radius 1 is 1.26 bits per heavy atom. The van der Waals surface area contributed by atoms with Gasteiger partial charge in [0.1, 0.15) is 12.4 Å². The van der Waals surface area contributed by atoms with E-state index < -0.39 is 0 Å². The van der Waals surface area contributed by atoms with Crippen molar-refractivity contribution in [2.75, 3.05) is 13.2 Å². The van der Waals surface area contributed by atoms with E-state index in [0.29, 0.717) is 25.3 Å². The van der Waals surface area contributed by atoms with E-state index in [-0.39, 0.29) is 18.2 Å². The summed E-state index contributed by atoms with van der Waals surface area (Å²) in [5.74, 6) is 2.29. The van der Waals surface area contributed by atoms with Crippen LogP contribution in [-0.2, 0) is 6.42 Å². The van der Waals surface area contributed by atoms with Gasteiger partial charge in [0.25, 0.3) is 0 Å². The van der Waals surface area contributed by atoms with Gasteiger partial charge in [0, 0.05) is 12.5 Å². The second kappa shape index (κ2) is 7.09. The molecule has 1 aromatic heterocycles. The lowest BCUT2D eigenvalue weighted by molar-refractivity contribution is 0.0917. The van der Waals surface area contributed by atoms with Crippen LogP contribution in [0.1, 0.15) is 12.7 Å². The summed E-state index contributed by atoms with van der Waals surface area (Å²) in [5, 5.41) is 5.68. The minimum absolute atomic E-state index is 0.0228. The number of carbonyl (C=O) groups excluding carboxylic acids is 1. The smallest absolute Gasteiger partial charge is 0.315 e. The summed E-state index contributed by atoms with van der Waals surface area (Å²) in [5.41, 5.74) is 0. The molecule has 0 saturated carbocycles. The zero-order valence-electron chi connectivity index (χ0n) is 13.0. The van der Waals surface area contributed by atoms with E-state index in [1.807, 2.05) is 43.3 Å². The topological polar surface area (TPSA) is 72.7 Å². The first-order valence-electron chi connectivity index (χ1n) is 7.66. The molecular formula is C17H20N2O4. The second-order valence-electron chi connectivity index (χ2n) is 5.54. The third-order valence-corrected chi connectivity index (χ3v) is 3.52. The molecule has 2 atom stereocenters. The molecule has 0 fully saturated rings. The van der Waals surface area contributed by atoms with E-state index in [1.54, 1.807) is 6.26 Å². The minimum Gasteiger partial charge on any atom is -0.486 e. The molecule has 0 spiro atoms. The van der Waals surface area contributed by atoms with Crippen LogP contribution in [0.15, 0.2) is 47.1 Å². The van der Waals surface area contributed by atoms with Crippen LogP contribution in [0.25, 0.3) is 0 Å². The van der Waals surface area contributed by atoms with E-state index in [9.17, 15) is 4.79 Å². The minimum atomic E-state index is -0.230.